The first-order valence-electron chi connectivity index (χ1n) is 5.66. The van der Waals surface area contributed by atoms with Crippen molar-refractivity contribution in [2.75, 3.05) is 12.0 Å². The van der Waals surface area contributed by atoms with E-state index in [2.05, 4.69) is 10.5 Å². The second-order valence-electron chi connectivity index (χ2n) is 4.37. The summed E-state index contributed by atoms with van der Waals surface area (Å²) in [5.41, 5.74) is 5.43. The van der Waals surface area contributed by atoms with Crippen LogP contribution in [-0.4, -0.2) is 43.4 Å². The first-order valence-corrected chi connectivity index (χ1v) is 7.72. The number of oxime groups is 1. The number of carbonyl (C=O) groups is 1. The molecule has 0 heterocycles. The highest BCUT2D eigenvalue weighted by Crippen LogP contribution is 2.07. The number of nitrogens with one attached hydrogen (secondary N) is 1. The van der Waals surface area contributed by atoms with Gasteiger partial charge < -0.3 is 16.3 Å². The molecule has 0 spiro atoms. The minimum Gasteiger partial charge on any atom is -0.409 e. The summed E-state index contributed by atoms with van der Waals surface area (Å²) in [5, 5.41) is 14.0. The largest absolute Gasteiger partial charge is 0.409 e. The quantitative estimate of drug-likeness (QED) is 0.255. The molecule has 0 saturated carbocycles. The normalized spacial score (nSPS) is 16.1. The highest BCUT2D eigenvalue weighted by molar-refractivity contribution is 7.90. The smallest absolute Gasteiger partial charge is 0.231 e. The van der Waals surface area contributed by atoms with Crippen molar-refractivity contribution < 1.29 is 18.4 Å². The fourth-order valence-electron chi connectivity index (χ4n) is 1.61. The Morgan fingerprint density at radius 3 is 2.44 bits per heavy atom. The zero-order valence-corrected chi connectivity index (χ0v) is 11.7. The van der Waals surface area contributed by atoms with E-state index >= 15 is 0 Å². The van der Waals surface area contributed by atoms with Crippen molar-refractivity contribution in [1.29, 1.82) is 0 Å². The Morgan fingerprint density at radius 2 is 2.06 bits per heavy atom. The Labute approximate surface area is 107 Å². The Bertz CT molecular complexity index is 405. The predicted molar refractivity (Wildman–Crippen MR) is 69.1 cm³/mol. The second kappa shape index (κ2) is 7.20. The van der Waals surface area contributed by atoms with Gasteiger partial charge in [-0.05, 0) is 13.3 Å². The van der Waals surface area contributed by atoms with Crippen molar-refractivity contribution in [3.05, 3.63) is 0 Å². The predicted octanol–water partition coefficient (Wildman–Crippen LogP) is -0.302. The number of amides is 1. The summed E-state index contributed by atoms with van der Waals surface area (Å²) in [6.07, 6.45) is 2.23. The molecule has 0 rings (SSSR count). The number of sulfone groups is 1. The number of hydrogen-bond donors (Lipinski definition) is 3. The van der Waals surface area contributed by atoms with E-state index in [0.29, 0.717) is 12.8 Å². The minimum atomic E-state index is -3.16. The summed E-state index contributed by atoms with van der Waals surface area (Å²) in [4.78, 5) is 11.9. The molecule has 7 nitrogen and oxygen atoms in total. The SMILES string of the molecule is CCCC(C(=O)NC(C)CS(C)(=O)=O)C(N)=NO. The van der Waals surface area contributed by atoms with Crippen LogP contribution in [0.15, 0.2) is 5.16 Å². The van der Waals surface area contributed by atoms with Crippen LogP contribution in [-0.2, 0) is 14.6 Å². The summed E-state index contributed by atoms with van der Waals surface area (Å²) in [6, 6.07) is -0.515. The van der Waals surface area contributed by atoms with Crippen LogP contribution < -0.4 is 11.1 Å². The van der Waals surface area contributed by atoms with E-state index in [-0.39, 0.29) is 11.6 Å². The number of nitrogens with two attached hydrogens (primary N) is 1. The van der Waals surface area contributed by atoms with Crippen molar-refractivity contribution in [3.63, 3.8) is 0 Å². The first kappa shape index (κ1) is 16.7. The number of nitrogens with zero attached hydrogens (tertiary/aromatic N) is 1. The van der Waals surface area contributed by atoms with Gasteiger partial charge in [0.1, 0.15) is 9.84 Å². The third-order valence-corrected chi connectivity index (χ3v) is 3.41. The topological polar surface area (TPSA) is 122 Å². The first-order chi connectivity index (χ1) is 8.21. The molecular weight excluding hydrogens is 258 g/mol. The number of carbonyl (C=O) groups excluding carboxylic acids is 1. The molecule has 18 heavy (non-hydrogen) atoms. The van der Waals surface area contributed by atoms with E-state index in [1.165, 1.54) is 0 Å². The van der Waals surface area contributed by atoms with Crippen LogP contribution >= 0.6 is 0 Å². The van der Waals surface area contributed by atoms with Crippen LogP contribution in [0.2, 0.25) is 0 Å². The number of rotatable bonds is 7. The number of amidine groups is 1. The Hall–Kier alpha value is -1.31. The van der Waals surface area contributed by atoms with E-state index in [9.17, 15) is 13.2 Å². The van der Waals surface area contributed by atoms with E-state index in [4.69, 9.17) is 10.9 Å². The Balaban J connectivity index is 4.61. The third-order valence-electron chi connectivity index (χ3n) is 2.31. The van der Waals surface area contributed by atoms with Crippen molar-refractivity contribution in [2.24, 2.45) is 16.8 Å². The van der Waals surface area contributed by atoms with Crippen LogP contribution in [0, 0.1) is 5.92 Å². The number of hydrogen-bond acceptors (Lipinski definition) is 5. The van der Waals surface area contributed by atoms with Gasteiger partial charge in [0.15, 0.2) is 5.84 Å². The van der Waals surface area contributed by atoms with Crippen LogP contribution in [0.1, 0.15) is 26.7 Å². The van der Waals surface area contributed by atoms with Crippen LogP contribution in [0.5, 0.6) is 0 Å². The van der Waals surface area contributed by atoms with Gasteiger partial charge in [0.2, 0.25) is 5.91 Å². The maximum absolute atomic E-state index is 11.9. The van der Waals surface area contributed by atoms with Crippen molar-refractivity contribution >= 4 is 21.6 Å². The summed E-state index contributed by atoms with van der Waals surface area (Å²) >= 11 is 0. The minimum absolute atomic E-state index is 0.145. The van der Waals surface area contributed by atoms with E-state index < -0.39 is 27.7 Å². The van der Waals surface area contributed by atoms with Crippen LogP contribution in [0.4, 0.5) is 0 Å². The second-order valence-corrected chi connectivity index (χ2v) is 6.55. The van der Waals surface area contributed by atoms with Gasteiger partial charge in [-0.3, -0.25) is 4.79 Å². The molecule has 0 saturated heterocycles. The van der Waals surface area contributed by atoms with Gasteiger partial charge >= 0.3 is 0 Å². The fraction of sp³-hybridized carbons (Fsp3) is 0.800. The molecule has 2 unspecified atom stereocenters. The molecule has 8 heteroatoms. The van der Waals surface area contributed by atoms with E-state index in [1.807, 2.05) is 6.92 Å². The average Bonchev–Trinajstić information content (AvgIpc) is 2.21. The molecule has 0 aliphatic carbocycles. The zero-order valence-electron chi connectivity index (χ0n) is 10.9. The molecule has 0 aromatic rings. The molecule has 106 valence electrons. The Morgan fingerprint density at radius 1 is 1.50 bits per heavy atom. The fourth-order valence-corrected chi connectivity index (χ4v) is 2.60. The van der Waals surface area contributed by atoms with Gasteiger partial charge in [0, 0.05) is 12.3 Å². The molecule has 0 aliphatic heterocycles. The molecule has 0 aromatic carbocycles. The molecule has 1 amide bonds. The van der Waals surface area contributed by atoms with Gasteiger partial charge in [-0.15, -0.1) is 0 Å². The molecule has 4 N–H and O–H groups in total. The summed E-state index contributed by atoms with van der Waals surface area (Å²) in [6.45, 7) is 3.46. The molecule has 2 atom stereocenters. The summed E-state index contributed by atoms with van der Waals surface area (Å²) < 4.78 is 22.1. The van der Waals surface area contributed by atoms with Crippen LogP contribution in [0.25, 0.3) is 0 Å². The molecule has 0 aromatic heterocycles. The van der Waals surface area contributed by atoms with Gasteiger partial charge in [-0.2, -0.15) is 0 Å². The van der Waals surface area contributed by atoms with Crippen molar-refractivity contribution in [2.45, 2.75) is 32.7 Å². The van der Waals surface area contributed by atoms with Crippen molar-refractivity contribution in [1.82, 2.24) is 5.32 Å². The highest BCUT2D eigenvalue weighted by atomic mass is 32.2. The molecule has 0 bridgehead atoms. The summed E-state index contributed by atoms with van der Waals surface area (Å²) in [5.74, 6) is -1.47. The zero-order chi connectivity index (χ0) is 14.3. The summed E-state index contributed by atoms with van der Waals surface area (Å²) in [7, 11) is -3.16. The van der Waals surface area contributed by atoms with Gasteiger partial charge in [-0.25, -0.2) is 8.42 Å². The molecular formula is C10H21N3O4S. The van der Waals surface area contributed by atoms with E-state index in [0.717, 1.165) is 6.26 Å². The monoisotopic (exact) mass is 279 g/mol. The lowest BCUT2D eigenvalue weighted by Gasteiger charge is -2.18. The molecule has 0 radical (unpaired) electrons. The highest BCUT2D eigenvalue weighted by Gasteiger charge is 2.24. The van der Waals surface area contributed by atoms with E-state index in [1.54, 1.807) is 6.92 Å². The average molecular weight is 279 g/mol. The molecule has 0 aliphatic rings. The maximum Gasteiger partial charge on any atom is 0.231 e. The lowest BCUT2D eigenvalue weighted by Crippen LogP contribution is -2.44. The van der Waals surface area contributed by atoms with Crippen LogP contribution in [0.3, 0.4) is 0 Å². The lowest BCUT2D eigenvalue weighted by molar-refractivity contribution is -0.123. The third kappa shape index (κ3) is 6.43. The van der Waals surface area contributed by atoms with Gasteiger partial charge in [0.05, 0.1) is 11.7 Å². The lowest BCUT2D eigenvalue weighted by atomic mass is 10.0. The standard InChI is InChI=1S/C10H21N3O4S/c1-4-5-8(9(11)13-15)10(14)12-7(2)6-18(3,16)17/h7-8,15H,4-6H2,1-3H3,(H2,11,13)(H,12,14). The van der Waals surface area contributed by atoms with Crippen molar-refractivity contribution in [3.8, 4) is 0 Å². The van der Waals surface area contributed by atoms with Gasteiger partial charge in [0.25, 0.3) is 0 Å². The Kier molecular flexibility index (Phi) is 6.67. The maximum atomic E-state index is 11.9. The van der Waals surface area contributed by atoms with Gasteiger partial charge in [-0.1, -0.05) is 18.5 Å². The molecule has 0 fully saturated rings.